The van der Waals surface area contributed by atoms with Crippen molar-refractivity contribution in [1.29, 1.82) is 0 Å². The monoisotopic (exact) mass is 252 g/mol. The average molecular weight is 252 g/mol. The van der Waals surface area contributed by atoms with Gasteiger partial charge in [0.1, 0.15) is 12.6 Å². The van der Waals surface area contributed by atoms with Gasteiger partial charge < -0.3 is 14.0 Å². The van der Waals surface area contributed by atoms with Gasteiger partial charge in [-0.1, -0.05) is 12.2 Å². The largest absolute Gasteiger partial charge is 0.349 e. The van der Waals surface area contributed by atoms with Crippen molar-refractivity contribution in [3.8, 4) is 0 Å². The van der Waals surface area contributed by atoms with Gasteiger partial charge in [0.25, 0.3) is 0 Å². The number of ether oxygens (including phenoxy) is 2. The molecule has 1 aliphatic carbocycles. The van der Waals surface area contributed by atoms with Crippen LogP contribution in [0.3, 0.4) is 0 Å². The summed E-state index contributed by atoms with van der Waals surface area (Å²) in [4.78, 5) is 0. The third-order valence-electron chi connectivity index (χ3n) is 4.76. The number of likely N-dealkylation sites (tertiary alicyclic amines) is 1. The molecule has 0 bridgehead atoms. The van der Waals surface area contributed by atoms with Gasteiger partial charge in [0.05, 0.1) is 26.7 Å². The summed E-state index contributed by atoms with van der Waals surface area (Å²) in [6, 6.07) is 0. The van der Waals surface area contributed by atoms with Crippen LogP contribution in [0.2, 0.25) is 0 Å². The standard InChI is InChI=1S/C15H26NO2/c1-16(9-5-6-10-16)11-14-12-17-15(18-14)13-7-3-2-4-8-13/h2-3,13-15H,4-12H2,1H3/q+1/t13-,14+,15-/m0/s1. The topological polar surface area (TPSA) is 18.5 Å². The van der Waals surface area contributed by atoms with Crippen LogP contribution < -0.4 is 0 Å². The molecule has 0 aromatic rings. The van der Waals surface area contributed by atoms with E-state index in [1.807, 2.05) is 0 Å². The second-order valence-electron chi connectivity index (χ2n) is 6.46. The Morgan fingerprint density at radius 2 is 2.06 bits per heavy atom. The third kappa shape index (κ3) is 2.79. The van der Waals surface area contributed by atoms with Gasteiger partial charge in [-0.3, -0.25) is 0 Å². The molecule has 0 aromatic heterocycles. The lowest BCUT2D eigenvalue weighted by atomic mass is 9.94. The fourth-order valence-corrected chi connectivity index (χ4v) is 3.65. The molecule has 0 amide bonds. The van der Waals surface area contributed by atoms with Crippen molar-refractivity contribution < 1.29 is 14.0 Å². The first-order chi connectivity index (χ1) is 8.75. The van der Waals surface area contributed by atoms with Crippen molar-refractivity contribution >= 4 is 0 Å². The second-order valence-corrected chi connectivity index (χ2v) is 6.46. The van der Waals surface area contributed by atoms with Gasteiger partial charge in [-0.05, 0) is 19.3 Å². The van der Waals surface area contributed by atoms with Crippen molar-refractivity contribution in [3.63, 3.8) is 0 Å². The van der Waals surface area contributed by atoms with E-state index in [1.165, 1.54) is 43.3 Å². The zero-order chi connectivity index (χ0) is 12.4. The Morgan fingerprint density at radius 3 is 2.78 bits per heavy atom. The maximum absolute atomic E-state index is 6.16. The number of hydrogen-bond acceptors (Lipinski definition) is 2. The number of hydrogen-bond donors (Lipinski definition) is 0. The van der Waals surface area contributed by atoms with Gasteiger partial charge in [0, 0.05) is 18.8 Å². The highest BCUT2D eigenvalue weighted by molar-refractivity contribution is 4.91. The van der Waals surface area contributed by atoms with E-state index >= 15 is 0 Å². The van der Waals surface area contributed by atoms with Crippen molar-refractivity contribution in [1.82, 2.24) is 0 Å². The summed E-state index contributed by atoms with van der Waals surface area (Å²) in [5, 5.41) is 0. The van der Waals surface area contributed by atoms with Gasteiger partial charge in [0.15, 0.2) is 6.29 Å². The van der Waals surface area contributed by atoms with Crippen LogP contribution in [0.4, 0.5) is 0 Å². The molecule has 2 heterocycles. The fourth-order valence-electron chi connectivity index (χ4n) is 3.65. The van der Waals surface area contributed by atoms with E-state index < -0.39 is 0 Å². The molecule has 0 unspecified atom stereocenters. The molecule has 3 rings (SSSR count). The quantitative estimate of drug-likeness (QED) is 0.567. The fraction of sp³-hybridized carbons (Fsp3) is 0.867. The summed E-state index contributed by atoms with van der Waals surface area (Å²) in [6.07, 6.45) is 11.2. The van der Waals surface area contributed by atoms with Crippen LogP contribution in [0.25, 0.3) is 0 Å². The van der Waals surface area contributed by atoms with Crippen LogP contribution in [0.1, 0.15) is 32.1 Å². The summed E-state index contributed by atoms with van der Waals surface area (Å²) in [5.74, 6) is 0.587. The molecule has 2 saturated heterocycles. The Labute approximate surface area is 110 Å². The van der Waals surface area contributed by atoms with Gasteiger partial charge in [-0.2, -0.15) is 0 Å². The van der Waals surface area contributed by atoms with Crippen molar-refractivity contribution in [2.24, 2.45) is 5.92 Å². The first-order valence-electron chi connectivity index (χ1n) is 7.51. The predicted molar refractivity (Wildman–Crippen MR) is 71.1 cm³/mol. The zero-order valence-electron chi connectivity index (χ0n) is 11.5. The SMILES string of the molecule is C[N+]1(C[C@@H]2CO[C@H]([C@H]3CC=CCC3)O2)CCCC1. The van der Waals surface area contributed by atoms with Crippen LogP contribution in [0.5, 0.6) is 0 Å². The third-order valence-corrected chi connectivity index (χ3v) is 4.76. The Balaban J connectivity index is 1.50. The van der Waals surface area contributed by atoms with Gasteiger partial charge in [-0.15, -0.1) is 0 Å². The summed E-state index contributed by atoms with van der Waals surface area (Å²) in [6.45, 7) is 4.57. The highest BCUT2D eigenvalue weighted by Gasteiger charge is 2.38. The van der Waals surface area contributed by atoms with Gasteiger partial charge >= 0.3 is 0 Å². The molecule has 3 aliphatic rings. The second kappa shape index (κ2) is 5.32. The number of rotatable bonds is 3. The molecule has 2 fully saturated rings. The first kappa shape index (κ1) is 12.6. The van der Waals surface area contributed by atoms with Crippen LogP contribution in [0, 0.1) is 5.92 Å². The molecule has 0 radical (unpaired) electrons. The molecular formula is C15H26NO2+. The Hall–Kier alpha value is -0.380. The molecule has 0 N–H and O–H groups in total. The minimum absolute atomic E-state index is 0.0640. The van der Waals surface area contributed by atoms with Crippen molar-refractivity contribution in [3.05, 3.63) is 12.2 Å². The van der Waals surface area contributed by atoms with E-state index in [4.69, 9.17) is 9.47 Å². The summed E-state index contributed by atoms with van der Waals surface area (Å²) in [7, 11) is 2.37. The molecule has 3 heteroatoms. The minimum atomic E-state index is 0.0640. The Morgan fingerprint density at radius 1 is 1.22 bits per heavy atom. The molecule has 0 spiro atoms. The maximum atomic E-state index is 6.16. The molecule has 2 aliphatic heterocycles. The molecule has 3 nitrogen and oxygen atoms in total. The molecule has 102 valence electrons. The average Bonchev–Trinajstić information content (AvgIpc) is 3.00. The lowest BCUT2D eigenvalue weighted by Gasteiger charge is -2.31. The predicted octanol–water partition coefficient (Wildman–Crippen LogP) is 2.32. The highest BCUT2D eigenvalue weighted by atomic mass is 16.7. The van der Waals surface area contributed by atoms with Crippen LogP contribution >= 0.6 is 0 Å². The summed E-state index contributed by atoms with van der Waals surface area (Å²) in [5.41, 5.74) is 0. The van der Waals surface area contributed by atoms with E-state index in [2.05, 4.69) is 19.2 Å². The number of allylic oxidation sites excluding steroid dienone is 2. The molecule has 0 saturated carbocycles. The van der Waals surface area contributed by atoms with E-state index in [9.17, 15) is 0 Å². The lowest BCUT2D eigenvalue weighted by molar-refractivity contribution is -0.900. The number of likely N-dealkylation sites (N-methyl/N-ethyl adjacent to an activating group) is 1. The highest BCUT2D eigenvalue weighted by Crippen LogP contribution is 2.30. The van der Waals surface area contributed by atoms with E-state index in [0.29, 0.717) is 12.0 Å². The van der Waals surface area contributed by atoms with E-state index in [1.54, 1.807) is 0 Å². The van der Waals surface area contributed by atoms with Crippen LogP contribution in [-0.2, 0) is 9.47 Å². The normalized spacial score (nSPS) is 39.3. The van der Waals surface area contributed by atoms with E-state index in [0.717, 1.165) is 19.6 Å². The first-order valence-corrected chi connectivity index (χ1v) is 7.51. The molecular weight excluding hydrogens is 226 g/mol. The lowest BCUT2D eigenvalue weighted by Crippen LogP contribution is -2.47. The van der Waals surface area contributed by atoms with E-state index in [-0.39, 0.29) is 6.29 Å². The molecule has 18 heavy (non-hydrogen) atoms. The summed E-state index contributed by atoms with van der Waals surface area (Å²) < 4.78 is 13.2. The molecule has 3 atom stereocenters. The smallest absolute Gasteiger partial charge is 0.161 e. The number of quaternary nitrogens is 1. The van der Waals surface area contributed by atoms with Gasteiger partial charge in [0.2, 0.25) is 0 Å². The van der Waals surface area contributed by atoms with Crippen molar-refractivity contribution in [2.75, 3.05) is 33.3 Å². The van der Waals surface area contributed by atoms with Crippen molar-refractivity contribution in [2.45, 2.75) is 44.5 Å². The zero-order valence-corrected chi connectivity index (χ0v) is 11.5. The summed E-state index contributed by atoms with van der Waals surface area (Å²) >= 11 is 0. The molecule has 0 aromatic carbocycles. The van der Waals surface area contributed by atoms with Crippen LogP contribution in [-0.4, -0.2) is 50.2 Å². The van der Waals surface area contributed by atoms with Crippen LogP contribution in [0.15, 0.2) is 12.2 Å². The number of nitrogens with zero attached hydrogens (tertiary/aromatic N) is 1. The Kier molecular flexibility index (Phi) is 3.73. The maximum Gasteiger partial charge on any atom is 0.161 e. The van der Waals surface area contributed by atoms with Gasteiger partial charge in [-0.25, -0.2) is 0 Å². The minimum Gasteiger partial charge on any atom is -0.349 e. The Bertz CT molecular complexity index is 310.